The van der Waals surface area contributed by atoms with Gasteiger partial charge in [-0.15, -0.1) is 0 Å². The van der Waals surface area contributed by atoms with Gasteiger partial charge in [0.15, 0.2) is 5.78 Å². The number of primary amides is 1. The summed E-state index contributed by atoms with van der Waals surface area (Å²) in [5.41, 5.74) is 5.41. The zero-order chi connectivity index (χ0) is 17.7. The average Bonchev–Trinajstić information content (AvgIpc) is 2.57. The van der Waals surface area contributed by atoms with Gasteiger partial charge in [-0.2, -0.15) is 0 Å². The third-order valence-corrected chi connectivity index (χ3v) is 3.89. The van der Waals surface area contributed by atoms with Crippen LogP contribution in [0.1, 0.15) is 42.3 Å². The monoisotopic (exact) mass is 351 g/mol. The van der Waals surface area contributed by atoms with Crippen molar-refractivity contribution in [1.29, 1.82) is 0 Å². The number of hydrogen-bond donors (Lipinski definition) is 2. The summed E-state index contributed by atoms with van der Waals surface area (Å²) in [6.07, 6.45) is 3.38. The first-order valence-electron chi connectivity index (χ1n) is 7.40. The Labute approximate surface area is 145 Å². The van der Waals surface area contributed by atoms with E-state index in [1.54, 1.807) is 12.1 Å². The van der Waals surface area contributed by atoms with Gasteiger partial charge in [0, 0.05) is 31.0 Å². The molecule has 128 valence electrons. The summed E-state index contributed by atoms with van der Waals surface area (Å²) >= 11 is 6.05. The molecule has 1 amide bonds. The van der Waals surface area contributed by atoms with E-state index in [1.807, 2.05) is 6.92 Å². The van der Waals surface area contributed by atoms with Gasteiger partial charge in [-0.3, -0.25) is 14.6 Å². The third kappa shape index (κ3) is 3.96. The van der Waals surface area contributed by atoms with Gasteiger partial charge >= 0.3 is 0 Å². The van der Waals surface area contributed by atoms with Crippen molar-refractivity contribution >= 4 is 23.3 Å². The van der Waals surface area contributed by atoms with E-state index in [-0.39, 0.29) is 29.7 Å². The standard InChI is InChI=1S/C17H17ClFN3O2.H2/c1-2-13(22-9-14(20)23)11-5-6-12(18)15(16(11)19)17(24)10-4-3-7-21-8-10;/h3-8,13,22H,2,9H2,1H3,(H2,20,23);1H/t13-;/m1./s1. The van der Waals surface area contributed by atoms with Crippen molar-refractivity contribution in [3.63, 3.8) is 0 Å². The number of hydrogen-bond acceptors (Lipinski definition) is 4. The number of ketones is 1. The topological polar surface area (TPSA) is 85.1 Å². The molecule has 0 aliphatic rings. The number of nitrogens with zero attached hydrogens (tertiary/aromatic N) is 1. The molecule has 1 aromatic carbocycles. The van der Waals surface area contributed by atoms with Crippen LogP contribution in [0.25, 0.3) is 0 Å². The fraction of sp³-hybridized carbons (Fsp3) is 0.235. The molecule has 0 saturated carbocycles. The van der Waals surface area contributed by atoms with Gasteiger partial charge in [0.2, 0.25) is 5.91 Å². The third-order valence-electron chi connectivity index (χ3n) is 3.58. The Morgan fingerprint density at radius 3 is 2.75 bits per heavy atom. The number of pyridine rings is 1. The van der Waals surface area contributed by atoms with Crippen molar-refractivity contribution in [1.82, 2.24) is 10.3 Å². The summed E-state index contributed by atoms with van der Waals surface area (Å²) in [5.74, 6) is -1.80. The van der Waals surface area contributed by atoms with Crippen LogP contribution in [0.15, 0.2) is 36.7 Å². The highest BCUT2D eigenvalue weighted by molar-refractivity contribution is 6.35. The second kappa shape index (κ2) is 7.99. The van der Waals surface area contributed by atoms with E-state index in [0.29, 0.717) is 6.42 Å². The molecule has 0 saturated heterocycles. The predicted molar refractivity (Wildman–Crippen MR) is 91.4 cm³/mol. The van der Waals surface area contributed by atoms with Crippen molar-refractivity contribution in [2.75, 3.05) is 6.54 Å². The van der Waals surface area contributed by atoms with Crippen LogP contribution in [0.3, 0.4) is 0 Å². The first-order chi connectivity index (χ1) is 11.5. The number of rotatable bonds is 7. The van der Waals surface area contributed by atoms with E-state index in [0.717, 1.165) is 0 Å². The van der Waals surface area contributed by atoms with Crippen LogP contribution in [-0.4, -0.2) is 23.2 Å². The highest BCUT2D eigenvalue weighted by Crippen LogP contribution is 2.29. The second-order valence-corrected chi connectivity index (χ2v) is 5.61. The molecular formula is C17H19ClFN3O2. The highest BCUT2D eigenvalue weighted by atomic mass is 35.5. The molecule has 0 spiro atoms. The van der Waals surface area contributed by atoms with Crippen LogP contribution in [-0.2, 0) is 4.79 Å². The number of carbonyl (C=O) groups excluding carboxylic acids is 2. The first-order valence-corrected chi connectivity index (χ1v) is 7.77. The molecule has 0 bridgehead atoms. The smallest absolute Gasteiger partial charge is 0.231 e. The minimum absolute atomic E-state index is 0. The molecule has 1 atom stereocenters. The van der Waals surface area contributed by atoms with Crippen molar-refractivity contribution < 1.29 is 15.4 Å². The lowest BCUT2D eigenvalue weighted by Gasteiger charge is -2.19. The molecule has 1 heterocycles. The van der Waals surface area contributed by atoms with Crippen LogP contribution < -0.4 is 11.1 Å². The number of nitrogens with one attached hydrogen (secondary N) is 1. The summed E-state index contributed by atoms with van der Waals surface area (Å²) in [4.78, 5) is 27.4. The fourth-order valence-corrected chi connectivity index (χ4v) is 2.62. The van der Waals surface area contributed by atoms with Crippen LogP contribution in [0, 0.1) is 5.82 Å². The van der Waals surface area contributed by atoms with E-state index in [9.17, 15) is 14.0 Å². The van der Waals surface area contributed by atoms with E-state index in [4.69, 9.17) is 17.3 Å². The Balaban J connectivity index is 0.00000312. The van der Waals surface area contributed by atoms with Gasteiger partial charge in [0.1, 0.15) is 5.82 Å². The minimum atomic E-state index is -0.708. The first kappa shape index (κ1) is 18.0. The molecule has 5 nitrogen and oxygen atoms in total. The van der Waals surface area contributed by atoms with Crippen molar-refractivity contribution in [2.24, 2.45) is 5.73 Å². The van der Waals surface area contributed by atoms with Gasteiger partial charge in [0.05, 0.1) is 17.1 Å². The van der Waals surface area contributed by atoms with Gasteiger partial charge in [-0.25, -0.2) is 4.39 Å². The summed E-state index contributed by atoms with van der Waals surface area (Å²) in [6, 6.07) is 5.64. The zero-order valence-corrected chi connectivity index (χ0v) is 13.8. The van der Waals surface area contributed by atoms with E-state index >= 15 is 0 Å². The molecule has 0 unspecified atom stereocenters. The van der Waals surface area contributed by atoms with Crippen molar-refractivity contribution in [3.8, 4) is 0 Å². The molecule has 2 rings (SSSR count). The zero-order valence-electron chi connectivity index (χ0n) is 13.1. The number of amides is 1. The molecule has 24 heavy (non-hydrogen) atoms. The molecule has 2 aromatic rings. The molecule has 3 N–H and O–H groups in total. The predicted octanol–water partition coefficient (Wildman–Crippen LogP) is 2.88. The molecule has 1 aromatic heterocycles. The van der Waals surface area contributed by atoms with Crippen LogP contribution >= 0.6 is 11.6 Å². The molecule has 0 aliphatic heterocycles. The molecule has 0 aliphatic carbocycles. The number of halogens is 2. The van der Waals surface area contributed by atoms with Crippen LogP contribution in [0.2, 0.25) is 5.02 Å². The summed E-state index contributed by atoms with van der Waals surface area (Å²) in [6.45, 7) is 1.74. The average molecular weight is 352 g/mol. The maximum atomic E-state index is 14.9. The SMILES string of the molecule is CC[C@@H](NCC(N)=O)c1ccc(Cl)c(C(=O)c2cccnc2)c1F.[HH]. The summed E-state index contributed by atoms with van der Waals surface area (Å²) < 4.78 is 14.9. The van der Waals surface area contributed by atoms with E-state index in [2.05, 4.69) is 10.3 Å². The van der Waals surface area contributed by atoms with E-state index < -0.39 is 23.5 Å². The number of benzene rings is 1. The quantitative estimate of drug-likeness (QED) is 0.751. The summed E-state index contributed by atoms with van der Waals surface area (Å²) in [5, 5.41) is 2.89. The largest absolute Gasteiger partial charge is 0.369 e. The maximum Gasteiger partial charge on any atom is 0.231 e. The Hall–Kier alpha value is -2.31. The number of aromatic nitrogens is 1. The number of carbonyl (C=O) groups is 2. The molecular weight excluding hydrogens is 333 g/mol. The van der Waals surface area contributed by atoms with Crippen molar-refractivity contribution in [3.05, 3.63) is 64.2 Å². The Kier molecular flexibility index (Phi) is 6.00. The highest BCUT2D eigenvalue weighted by Gasteiger charge is 2.24. The Morgan fingerprint density at radius 2 is 2.17 bits per heavy atom. The fourth-order valence-electron chi connectivity index (χ4n) is 2.39. The lowest BCUT2D eigenvalue weighted by molar-refractivity contribution is -0.117. The number of nitrogens with two attached hydrogens (primary N) is 1. The second-order valence-electron chi connectivity index (χ2n) is 5.20. The lowest BCUT2D eigenvalue weighted by atomic mass is 9.96. The Morgan fingerprint density at radius 1 is 1.42 bits per heavy atom. The molecule has 0 radical (unpaired) electrons. The molecule has 7 heteroatoms. The lowest BCUT2D eigenvalue weighted by Crippen LogP contribution is -2.32. The minimum Gasteiger partial charge on any atom is -0.369 e. The molecule has 0 fully saturated rings. The van der Waals surface area contributed by atoms with Gasteiger partial charge < -0.3 is 11.1 Å². The van der Waals surface area contributed by atoms with Gasteiger partial charge in [0.25, 0.3) is 0 Å². The van der Waals surface area contributed by atoms with Crippen molar-refractivity contribution in [2.45, 2.75) is 19.4 Å². The summed E-state index contributed by atoms with van der Waals surface area (Å²) in [7, 11) is 0. The van der Waals surface area contributed by atoms with Gasteiger partial charge in [-0.1, -0.05) is 24.6 Å². The van der Waals surface area contributed by atoms with E-state index in [1.165, 1.54) is 24.5 Å². The normalized spacial score (nSPS) is 12.0. The Bertz CT molecular complexity index is 759. The van der Waals surface area contributed by atoms with Crippen LogP contribution in [0.5, 0.6) is 0 Å². The van der Waals surface area contributed by atoms with Gasteiger partial charge in [-0.05, 0) is 24.6 Å². The van der Waals surface area contributed by atoms with Crippen LogP contribution in [0.4, 0.5) is 4.39 Å². The maximum absolute atomic E-state index is 14.9.